The molecule has 0 radical (unpaired) electrons. The molecule has 1 heterocycles. The first-order valence-electron chi connectivity index (χ1n) is 5.51. The molecule has 0 amide bonds. The summed E-state index contributed by atoms with van der Waals surface area (Å²) in [7, 11) is 0. The highest BCUT2D eigenvalue weighted by molar-refractivity contribution is 6.31. The van der Waals surface area contributed by atoms with E-state index >= 15 is 0 Å². The molecule has 2 unspecified atom stereocenters. The van der Waals surface area contributed by atoms with E-state index in [0.717, 1.165) is 12.3 Å². The zero-order chi connectivity index (χ0) is 14.1. The molecule has 0 saturated heterocycles. The van der Waals surface area contributed by atoms with Gasteiger partial charge in [0.05, 0.1) is 16.3 Å². The van der Waals surface area contributed by atoms with Crippen molar-refractivity contribution < 1.29 is 13.2 Å². The van der Waals surface area contributed by atoms with Crippen LogP contribution in [0.5, 0.6) is 0 Å². The summed E-state index contributed by atoms with van der Waals surface area (Å²) in [5.41, 5.74) is -0.428. The number of hydrogen-bond donors (Lipinski definition) is 0. The smallest absolute Gasteiger partial charge is 0.259 e. The van der Waals surface area contributed by atoms with Gasteiger partial charge < -0.3 is 0 Å². The van der Waals surface area contributed by atoms with E-state index in [2.05, 4.69) is 4.98 Å². The minimum atomic E-state index is -4.44. The lowest BCUT2D eigenvalue weighted by molar-refractivity contribution is -0.137. The Balaban J connectivity index is 3.20. The second-order valence-electron chi connectivity index (χ2n) is 4.54. The lowest BCUT2D eigenvalue weighted by atomic mass is 9.89. The van der Waals surface area contributed by atoms with E-state index in [1.165, 1.54) is 0 Å². The third kappa shape index (κ3) is 3.51. The Morgan fingerprint density at radius 1 is 1.22 bits per heavy atom. The average Bonchev–Trinajstić information content (AvgIpc) is 2.18. The molecule has 6 heteroatoms. The maximum atomic E-state index is 12.5. The largest absolute Gasteiger partial charge is 0.417 e. The van der Waals surface area contributed by atoms with Crippen LogP contribution in [0.4, 0.5) is 13.2 Å². The SMILES string of the molecule is CC(C)C(c1ncc(C(F)(F)F)cc1Cl)C(C)Cl. The predicted molar refractivity (Wildman–Crippen MR) is 67.1 cm³/mol. The number of nitrogens with zero attached hydrogens (tertiary/aromatic N) is 1. The van der Waals surface area contributed by atoms with Gasteiger partial charge in [-0.25, -0.2) is 0 Å². The molecular weight excluding hydrogens is 286 g/mol. The zero-order valence-corrected chi connectivity index (χ0v) is 11.7. The van der Waals surface area contributed by atoms with E-state index in [-0.39, 0.29) is 22.2 Å². The van der Waals surface area contributed by atoms with Crippen LogP contribution in [0.15, 0.2) is 12.3 Å². The van der Waals surface area contributed by atoms with Gasteiger partial charge in [-0.1, -0.05) is 25.4 Å². The van der Waals surface area contributed by atoms with Crippen LogP contribution in [-0.4, -0.2) is 10.4 Å². The Morgan fingerprint density at radius 2 is 1.78 bits per heavy atom. The molecule has 1 aromatic heterocycles. The van der Waals surface area contributed by atoms with Crippen molar-refractivity contribution in [1.82, 2.24) is 4.98 Å². The summed E-state index contributed by atoms with van der Waals surface area (Å²) in [5, 5.41) is -0.247. The van der Waals surface area contributed by atoms with Crippen molar-refractivity contribution in [3.8, 4) is 0 Å². The molecule has 1 aromatic rings. The summed E-state index contributed by atoms with van der Waals surface area (Å²) in [6, 6.07) is 0.901. The molecular formula is C12H14Cl2F3N. The average molecular weight is 300 g/mol. The Bertz CT molecular complexity index is 408. The van der Waals surface area contributed by atoms with Gasteiger partial charge in [-0.05, 0) is 18.9 Å². The highest BCUT2D eigenvalue weighted by atomic mass is 35.5. The fraction of sp³-hybridized carbons (Fsp3) is 0.583. The van der Waals surface area contributed by atoms with Crippen LogP contribution >= 0.6 is 23.2 Å². The maximum Gasteiger partial charge on any atom is 0.417 e. The van der Waals surface area contributed by atoms with Crippen molar-refractivity contribution in [2.45, 2.75) is 38.2 Å². The molecule has 0 bridgehead atoms. The molecule has 0 aliphatic heterocycles. The Morgan fingerprint density at radius 3 is 2.11 bits per heavy atom. The first kappa shape index (κ1) is 15.6. The van der Waals surface area contributed by atoms with Crippen molar-refractivity contribution in [1.29, 1.82) is 0 Å². The fourth-order valence-electron chi connectivity index (χ4n) is 1.91. The summed E-state index contributed by atoms with van der Waals surface area (Å²) < 4.78 is 37.5. The van der Waals surface area contributed by atoms with Crippen molar-refractivity contribution in [2.24, 2.45) is 5.92 Å². The Hall–Kier alpha value is -0.480. The normalized spacial score (nSPS) is 15.8. The molecule has 18 heavy (non-hydrogen) atoms. The van der Waals surface area contributed by atoms with Crippen LogP contribution in [0, 0.1) is 5.92 Å². The third-order valence-corrected chi connectivity index (χ3v) is 3.30. The van der Waals surface area contributed by atoms with Gasteiger partial charge in [0, 0.05) is 17.5 Å². The predicted octanol–water partition coefficient (Wildman–Crippen LogP) is 5.12. The molecule has 1 rings (SSSR count). The molecule has 0 spiro atoms. The Kier molecular flexibility index (Phi) is 4.90. The van der Waals surface area contributed by atoms with Crippen LogP contribution in [0.3, 0.4) is 0 Å². The van der Waals surface area contributed by atoms with Crippen molar-refractivity contribution in [3.05, 3.63) is 28.5 Å². The lowest BCUT2D eigenvalue weighted by Gasteiger charge is -2.24. The van der Waals surface area contributed by atoms with E-state index in [0.29, 0.717) is 5.69 Å². The van der Waals surface area contributed by atoms with Crippen molar-refractivity contribution in [2.75, 3.05) is 0 Å². The number of rotatable bonds is 3. The lowest BCUT2D eigenvalue weighted by Crippen LogP contribution is -2.18. The highest BCUT2D eigenvalue weighted by Crippen LogP contribution is 2.37. The standard InChI is InChI=1S/C12H14Cl2F3N/c1-6(2)10(7(3)13)11-9(14)4-8(5-18-11)12(15,16)17/h4-7,10H,1-3H3. The van der Waals surface area contributed by atoms with Gasteiger partial charge in [-0.15, -0.1) is 11.6 Å². The fourth-order valence-corrected chi connectivity index (χ4v) is 2.62. The van der Waals surface area contributed by atoms with Crippen LogP contribution < -0.4 is 0 Å². The summed E-state index contributed by atoms with van der Waals surface area (Å²) in [5.74, 6) is -0.0410. The zero-order valence-electron chi connectivity index (χ0n) is 10.2. The molecule has 2 atom stereocenters. The number of hydrogen-bond acceptors (Lipinski definition) is 1. The van der Waals surface area contributed by atoms with Gasteiger partial charge in [0.2, 0.25) is 0 Å². The van der Waals surface area contributed by atoms with Gasteiger partial charge in [0.25, 0.3) is 0 Å². The first-order chi connectivity index (χ1) is 8.14. The molecule has 0 aromatic carbocycles. The van der Waals surface area contributed by atoms with Crippen LogP contribution in [-0.2, 0) is 6.18 Å². The molecule has 102 valence electrons. The number of aromatic nitrogens is 1. The Labute approximate surface area is 114 Å². The molecule has 0 N–H and O–H groups in total. The van der Waals surface area contributed by atoms with Gasteiger partial charge in [0.1, 0.15) is 0 Å². The summed E-state index contributed by atoms with van der Waals surface area (Å²) in [4.78, 5) is 3.85. The van der Waals surface area contributed by atoms with Gasteiger partial charge in [0.15, 0.2) is 0 Å². The number of alkyl halides is 4. The minimum Gasteiger partial charge on any atom is -0.259 e. The third-order valence-electron chi connectivity index (χ3n) is 2.73. The van der Waals surface area contributed by atoms with Gasteiger partial charge >= 0.3 is 6.18 Å². The molecule has 1 nitrogen and oxygen atoms in total. The second-order valence-corrected chi connectivity index (χ2v) is 5.63. The summed E-state index contributed by atoms with van der Waals surface area (Å²) in [6.45, 7) is 5.64. The van der Waals surface area contributed by atoms with Crippen LogP contribution in [0.1, 0.15) is 37.9 Å². The molecule has 0 saturated carbocycles. The van der Waals surface area contributed by atoms with Crippen molar-refractivity contribution >= 4 is 23.2 Å². The van der Waals surface area contributed by atoms with Crippen LogP contribution in [0.25, 0.3) is 0 Å². The number of halogens is 5. The minimum absolute atomic E-state index is 0.0102. The van der Waals surface area contributed by atoms with Gasteiger partial charge in [-0.3, -0.25) is 4.98 Å². The number of pyridine rings is 1. The quantitative estimate of drug-likeness (QED) is 0.706. The summed E-state index contributed by atoms with van der Waals surface area (Å²) in [6.07, 6.45) is -3.63. The van der Waals surface area contributed by atoms with E-state index in [9.17, 15) is 13.2 Å². The summed E-state index contributed by atoms with van der Waals surface area (Å²) >= 11 is 12.0. The van der Waals surface area contributed by atoms with Gasteiger partial charge in [-0.2, -0.15) is 13.2 Å². The topological polar surface area (TPSA) is 12.9 Å². The molecule has 0 fully saturated rings. The van der Waals surface area contributed by atoms with Crippen molar-refractivity contribution in [3.63, 3.8) is 0 Å². The highest BCUT2D eigenvalue weighted by Gasteiger charge is 2.33. The van der Waals surface area contributed by atoms with E-state index in [1.54, 1.807) is 6.92 Å². The van der Waals surface area contributed by atoms with E-state index in [1.807, 2.05) is 13.8 Å². The monoisotopic (exact) mass is 299 g/mol. The van der Waals surface area contributed by atoms with Crippen LogP contribution in [0.2, 0.25) is 5.02 Å². The second kappa shape index (κ2) is 5.66. The van der Waals surface area contributed by atoms with E-state index in [4.69, 9.17) is 23.2 Å². The molecule has 0 aliphatic rings. The van der Waals surface area contributed by atoms with E-state index < -0.39 is 11.7 Å². The first-order valence-corrected chi connectivity index (χ1v) is 6.32. The maximum absolute atomic E-state index is 12.5. The molecule has 0 aliphatic carbocycles.